The van der Waals surface area contributed by atoms with Gasteiger partial charge in [0.25, 0.3) is 5.91 Å². The molecule has 0 aliphatic carbocycles. The molecule has 6 nitrogen and oxygen atoms in total. The molecule has 0 radical (unpaired) electrons. The van der Waals surface area contributed by atoms with Gasteiger partial charge in [-0.15, -0.1) is 18.3 Å². The molecule has 1 aromatic carbocycles. The minimum atomic E-state index is -0.691. The normalized spacial score (nSPS) is 11.5. The summed E-state index contributed by atoms with van der Waals surface area (Å²) in [6.45, 7) is 7.82. The summed E-state index contributed by atoms with van der Waals surface area (Å²) in [6, 6.07) is 16.5. The topological polar surface area (TPSA) is 88.2 Å². The van der Waals surface area contributed by atoms with Crippen LogP contribution in [0.3, 0.4) is 0 Å². The van der Waals surface area contributed by atoms with Crippen molar-refractivity contribution in [1.29, 1.82) is 0 Å². The Balaban J connectivity index is 0.000000332. The molecule has 0 aliphatic rings. The number of nitrogens with one attached hydrogen (secondary N) is 1. The molecule has 2 heterocycles. The Hall–Kier alpha value is -1.35. The van der Waals surface area contributed by atoms with Gasteiger partial charge < -0.3 is 14.9 Å². The van der Waals surface area contributed by atoms with Crippen LogP contribution in [0.15, 0.2) is 53.1 Å². The summed E-state index contributed by atoms with van der Waals surface area (Å²) in [5.74, 6) is 0.575. The molecule has 1 unspecified atom stereocenters. The molecule has 0 spiro atoms. The van der Waals surface area contributed by atoms with Crippen molar-refractivity contribution in [2.45, 2.75) is 39.2 Å². The zero-order valence-corrected chi connectivity index (χ0v) is 20.0. The van der Waals surface area contributed by atoms with Gasteiger partial charge in [0, 0.05) is 0 Å². The SMILES string of the molecule is CC(C)(C)c1c[c-]no1.CC(O)c1cccc(C(=O)Nc2cc[c-]cc2)n1.[K+]. The van der Waals surface area contributed by atoms with E-state index in [1.807, 2.05) is 0 Å². The second-order valence-electron chi connectivity index (χ2n) is 6.94. The largest absolute Gasteiger partial charge is 1.00 e. The predicted octanol–water partition coefficient (Wildman–Crippen LogP) is 0.964. The maximum atomic E-state index is 11.9. The number of carbonyl (C=O) groups excluding carboxylic acids is 1. The van der Waals surface area contributed by atoms with E-state index in [1.165, 1.54) is 0 Å². The van der Waals surface area contributed by atoms with Crippen molar-refractivity contribution in [2.75, 3.05) is 5.32 Å². The third-order valence-electron chi connectivity index (χ3n) is 3.54. The minimum Gasteiger partial charge on any atom is -0.470 e. The summed E-state index contributed by atoms with van der Waals surface area (Å²) in [7, 11) is 0. The molecule has 142 valence electrons. The number of nitrogens with zero attached hydrogens (tertiary/aromatic N) is 2. The summed E-state index contributed by atoms with van der Waals surface area (Å²) in [4.78, 5) is 16.0. The number of hydrogen-bond acceptors (Lipinski definition) is 5. The van der Waals surface area contributed by atoms with Crippen molar-refractivity contribution in [3.63, 3.8) is 0 Å². The average Bonchev–Trinajstić information content (AvgIpc) is 3.18. The van der Waals surface area contributed by atoms with Gasteiger partial charge in [-0.3, -0.25) is 4.79 Å². The molecule has 2 N–H and O–H groups in total. The van der Waals surface area contributed by atoms with Gasteiger partial charge in [0.2, 0.25) is 0 Å². The number of carbonyl (C=O) groups is 1. The van der Waals surface area contributed by atoms with Crippen LogP contribution >= 0.6 is 0 Å². The van der Waals surface area contributed by atoms with E-state index in [0.717, 1.165) is 5.76 Å². The van der Waals surface area contributed by atoms with Crippen molar-refractivity contribution < 1.29 is 65.8 Å². The van der Waals surface area contributed by atoms with E-state index in [2.05, 4.69) is 48.5 Å². The molecule has 7 heteroatoms. The molecule has 28 heavy (non-hydrogen) atoms. The number of aliphatic hydroxyl groups excluding tert-OH is 1. The van der Waals surface area contributed by atoms with Crippen molar-refractivity contribution in [3.05, 3.63) is 77.9 Å². The van der Waals surface area contributed by atoms with Crippen LogP contribution in [0.5, 0.6) is 0 Å². The second-order valence-corrected chi connectivity index (χ2v) is 6.94. The summed E-state index contributed by atoms with van der Waals surface area (Å²) in [5, 5.41) is 15.6. The van der Waals surface area contributed by atoms with E-state index in [9.17, 15) is 9.90 Å². The summed E-state index contributed by atoms with van der Waals surface area (Å²) < 4.78 is 4.89. The first-order valence-corrected chi connectivity index (χ1v) is 8.53. The van der Waals surface area contributed by atoms with E-state index in [-0.39, 0.29) is 68.4 Å². The Morgan fingerprint density at radius 1 is 1.21 bits per heavy atom. The van der Waals surface area contributed by atoms with Gasteiger partial charge in [-0.05, 0) is 30.2 Å². The van der Waals surface area contributed by atoms with Crippen LogP contribution in [-0.4, -0.2) is 21.2 Å². The number of amides is 1. The first-order chi connectivity index (χ1) is 12.8. The number of rotatable bonds is 3. The fraction of sp³-hybridized carbons (Fsp3) is 0.286. The van der Waals surface area contributed by atoms with E-state index >= 15 is 0 Å². The Labute approximate surface area is 208 Å². The number of hydrogen-bond donors (Lipinski definition) is 2. The van der Waals surface area contributed by atoms with Gasteiger partial charge in [-0.1, -0.05) is 32.5 Å². The Bertz CT molecular complexity index is 845. The zero-order chi connectivity index (χ0) is 19.9. The van der Waals surface area contributed by atoms with Gasteiger partial charge >= 0.3 is 51.4 Å². The standard InChI is InChI=1S/C14H13N2O2.C7H10NO.K/c1-10(17)12-8-5-9-13(16-12)14(18)15-11-6-3-2-4-7-11;1-7(2,3)6-4-5-8-9-6;/h3-10,17H,1H3,(H,15,18);4H,1-3H3;/q2*-1;+1. The number of aliphatic hydroxyl groups is 1. The van der Waals surface area contributed by atoms with Crippen LogP contribution in [0, 0.1) is 12.3 Å². The summed E-state index contributed by atoms with van der Waals surface area (Å²) in [6.07, 6.45) is 1.93. The first kappa shape index (κ1) is 24.7. The fourth-order valence-corrected chi connectivity index (χ4v) is 2.02. The van der Waals surface area contributed by atoms with E-state index < -0.39 is 6.10 Å². The maximum Gasteiger partial charge on any atom is 1.00 e. The molecular weight excluding hydrogens is 381 g/mol. The zero-order valence-electron chi connectivity index (χ0n) is 16.9. The van der Waals surface area contributed by atoms with E-state index in [0.29, 0.717) is 11.4 Å². The fourth-order valence-electron chi connectivity index (χ4n) is 2.02. The molecule has 3 aromatic rings. The summed E-state index contributed by atoms with van der Waals surface area (Å²) in [5.41, 5.74) is 1.50. The molecule has 1 atom stereocenters. The van der Waals surface area contributed by atoms with Crippen molar-refractivity contribution >= 4 is 11.6 Å². The predicted molar refractivity (Wildman–Crippen MR) is 102 cm³/mol. The van der Waals surface area contributed by atoms with E-state index in [1.54, 1.807) is 55.5 Å². The van der Waals surface area contributed by atoms with Crippen molar-refractivity contribution in [2.24, 2.45) is 0 Å². The minimum absolute atomic E-state index is 0. The third kappa shape index (κ3) is 7.95. The van der Waals surface area contributed by atoms with Crippen LogP contribution in [0.2, 0.25) is 0 Å². The van der Waals surface area contributed by atoms with Gasteiger partial charge in [-0.2, -0.15) is 24.3 Å². The van der Waals surface area contributed by atoms with Crippen LogP contribution in [-0.2, 0) is 5.41 Å². The number of aromatic nitrogens is 2. The molecule has 1 amide bonds. The third-order valence-corrected chi connectivity index (χ3v) is 3.54. The van der Waals surface area contributed by atoms with Crippen LogP contribution in [0.1, 0.15) is 55.7 Å². The Kier molecular flexibility index (Phi) is 10.2. The Morgan fingerprint density at radius 3 is 2.39 bits per heavy atom. The van der Waals surface area contributed by atoms with Gasteiger partial charge in [-0.25, -0.2) is 10.1 Å². The molecule has 0 fully saturated rings. The van der Waals surface area contributed by atoms with Gasteiger partial charge in [0.1, 0.15) is 5.69 Å². The van der Waals surface area contributed by atoms with Crippen LogP contribution in [0.4, 0.5) is 5.69 Å². The monoisotopic (exact) mass is 404 g/mol. The average molecular weight is 405 g/mol. The number of benzene rings is 1. The van der Waals surface area contributed by atoms with Crippen LogP contribution < -0.4 is 56.7 Å². The molecule has 3 rings (SSSR count). The van der Waals surface area contributed by atoms with Gasteiger partial charge in [0.15, 0.2) is 0 Å². The maximum absolute atomic E-state index is 11.9. The number of anilines is 1. The van der Waals surface area contributed by atoms with Gasteiger partial charge in [0.05, 0.1) is 11.8 Å². The molecule has 0 saturated heterocycles. The number of pyridine rings is 1. The molecule has 2 aromatic heterocycles. The quantitative estimate of drug-likeness (QED) is 0.502. The summed E-state index contributed by atoms with van der Waals surface area (Å²) >= 11 is 0. The van der Waals surface area contributed by atoms with Crippen LogP contribution in [0.25, 0.3) is 0 Å². The van der Waals surface area contributed by atoms with E-state index in [4.69, 9.17) is 4.52 Å². The first-order valence-electron chi connectivity index (χ1n) is 8.53. The molecule has 0 aliphatic heterocycles. The smallest absolute Gasteiger partial charge is 0.470 e. The van der Waals surface area contributed by atoms with Crippen molar-refractivity contribution in [3.8, 4) is 0 Å². The molecule has 0 saturated carbocycles. The molecular formula is C21H23KN3O3-. The second kappa shape index (κ2) is 11.6. The van der Waals surface area contributed by atoms with Crippen molar-refractivity contribution in [1.82, 2.24) is 10.1 Å². The Morgan fingerprint density at radius 2 is 1.89 bits per heavy atom. The molecule has 0 bridgehead atoms.